The fraction of sp³-hybridized carbons (Fsp3) is 0.462. The van der Waals surface area contributed by atoms with Crippen LogP contribution in [0.15, 0.2) is 12.7 Å². The van der Waals surface area contributed by atoms with Crippen molar-refractivity contribution in [1.82, 2.24) is 19.5 Å². The van der Waals surface area contributed by atoms with Gasteiger partial charge in [-0.25, -0.2) is 28.6 Å². The number of fused-ring (bicyclic) bond motifs is 1. The van der Waals surface area contributed by atoms with E-state index in [1.807, 2.05) is 0 Å². The van der Waals surface area contributed by atoms with Crippen LogP contribution in [0.2, 0.25) is 0 Å². The highest BCUT2D eigenvalue weighted by Gasteiger charge is 2.43. The van der Waals surface area contributed by atoms with Gasteiger partial charge in [0.05, 0.1) is 19.0 Å². The molecular formula is C13H18N5O12P3. The summed E-state index contributed by atoms with van der Waals surface area (Å²) in [7, 11) is -16.5. The van der Waals surface area contributed by atoms with Crippen molar-refractivity contribution in [2.24, 2.45) is 0 Å². The second-order valence-electron chi connectivity index (χ2n) is 6.39. The second-order valence-corrected chi connectivity index (χ2v) is 10.8. The SMILES string of the molecule is C#CCOC1C[C@H](n2cnc3c(N)ncnc32)O[C@@H]1COP(=O)(O)OP(=O)(O)OP(=O)(O)O. The highest BCUT2D eigenvalue weighted by atomic mass is 31.3. The number of hydrogen-bond acceptors (Lipinski definition) is 12. The summed E-state index contributed by atoms with van der Waals surface area (Å²) in [6.07, 6.45) is 5.43. The maximum absolute atomic E-state index is 12.0. The first-order valence-electron chi connectivity index (χ1n) is 8.72. The molecule has 17 nitrogen and oxygen atoms in total. The van der Waals surface area contributed by atoms with Crippen LogP contribution in [0.3, 0.4) is 0 Å². The molecule has 0 spiro atoms. The van der Waals surface area contributed by atoms with Gasteiger partial charge in [-0.3, -0.25) is 9.09 Å². The topological polar surface area (TPSA) is 248 Å². The number of phosphoric ester groups is 1. The third-order valence-electron chi connectivity index (χ3n) is 4.08. The first kappa shape index (κ1) is 25.9. The molecule has 6 N–H and O–H groups in total. The van der Waals surface area contributed by atoms with Crippen molar-refractivity contribution in [3.63, 3.8) is 0 Å². The molecule has 0 radical (unpaired) electrons. The molecule has 0 aliphatic carbocycles. The molecule has 0 amide bonds. The summed E-state index contributed by atoms with van der Waals surface area (Å²) in [6, 6.07) is 0. The van der Waals surface area contributed by atoms with Gasteiger partial charge in [-0.15, -0.1) is 6.42 Å². The monoisotopic (exact) mass is 529 g/mol. The summed E-state index contributed by atoms with van der Waals surface area (Å²) in [5.41, 5.74) is 6.43. The van der Waals surface area contributed by atoms with Gasteiger partial charge in [-0.2, -0.15) is 8.62 Å². The number of hydrogen-bond donors (Lipinski definition) is 5. The number of phosphoric acid groups is 3. The molecule has 1 aliphatic rings. The number of imidazole rings is 1. The van der Waals surface area contributed by atoms with Crippen molar-refractivity contribution in [2.45, 2.75) is 24.9 Å². The zero-order chi connectivity index (χ0) is 24.4. The number of aromatic nitrogens is 4. The number of nitrogens with two attached hydrogens (primary N) is 1. The summed E-state index contributed by atoms with van der Waals surface area (Å²) >= 11 is 0. The fourth-order valence-electron chi connectivity index (χ4n) is 2.90. The van der Waals surface area contributed by atoms with Gasteiger partial charge in [0.1, 0.15) is 30.8 Å². The standard InChI is InChI=1S/C13H18N5O12P3/c1-2-3-26-8-4-10(18-7-17-11-12(14)15-6-16-13(11)18)28-9(8)5-27-32(22,23)30-33(24,25)29-31(19,20)21/h1,6-10H,3-5H2,(H,22,23)(H,24,25)(H2,14,15,16)(H2,19,20,21)/t8?,9-,10-/m1/s1. The summed E-state index contributed by atoms with van der Waals surface area (Å²) < 4.78 is 58.9. The van der Waals surface area contributed by atoms with E-state index in [0.29, 0.717) is 11.2 Å². The van der Waals surface area contributed by atoms with Gasteiger partial charge in [0.15, 0.2) is 11.5 Å². The number of ether oxygens (including phenoxy) is 2. The average molecular weight is 529 g/mol. The highest BCUT2D eigenvalue weighted by molar-refractivity contribution is 7.66. The van der Waals surface area contributed by atoms with Gasteiger partial charge >= 0.3 is 23.5 Å². The molecule has 1 fully saturated rings. The van der Waals surface area contributed by atoms with Gasteiger partial charge in [-0.1, -0.05) is 5.92 Å². The van der Waals surface area contributed by atoms with Crippen molar-refractivity contribution in [3.05, 3.63) is 12.7 Å². The molecule has 20 heteroatoms. The van der Waals surface area contributed by atoms with E-state index in [9.17, 15) is 23.5 Å². The lowest BCUT2D eigenvalue weighted by molar-refractivity contribution is -0.0544. The molecular weight excluding hydrogens is 511 g/mol. The summed E-state index contributed by atoms with van der Waals surface area (Å²) in [4.78, 5) is 48.1. The van der Waals surface area contributed by atoms with Crippen molar-refractivity contribution >= 4 is 40.4 Å². The minimum atomic E-state index is -5.65. The molecule has 2 aromatic heterocycles. The maximum atomic E-state index is 12.0. The van der Waals surface area contributed by atoms with Gasteiger partial charge in [0.2, 0.25) is 0 Å². The Morgan fingerprint density at radius 3 is 2.58 bits per heavy atom. The van der Waals surface area contributed by atoms with Gasteiger partial charge < -0.3 is 34.8 Å². The minimum absolute atomic E-state index is 0.133. The molecule has 3 heterocycles. The van der Waals surface area contributed by atoms with E-state index in [0.717, 1.165) is 0 Å². The predicted octanol–water partition coefficient (Wildman–Crippen LogP) is 0.0577. The molecule has 3 rings (SSSR count). The third-order valence-corrected chi connectivity index (χ3v) is 7.88. The number of anilines is 1. The zero-order valence-corrected chi connectivity index (χ0v) is 19.0. The van der Waals surface area contributed by atoms with Crippen molar-refractivity contribution in [3.8, 4) is 12.3 Å². The summed E-state index contributed by atoms with van der Waals surface area (Å²) in [6.45, 7) is -0.842. The molecule has 3 unspecified atom stereocenters. The highest BCUT2D eigenvalue weighted by Crippen LogP contribution is 2.66. The van der Waals surface area contributed by atoms with Gasteiger partial charge in [0.25, 0.3) is 0 Å². The van der Waals surface area contributed by atoms with E-state index in [-0.39, 0.29) is 18.8 Å². The lowest BCUT2D eigenvalue weighted by Gasteiger charge is -2.20. The van der Waals surface area contributed by atoms with Crippen LogP contribution in [-0.2, 0) is 36.3 Å². The Bertz CT molecular complexity index is 1190. The minimum Gasteiger partial charge on any atom is -0.382 e. The van der Waals surface area contributed by atoms with Crippen LogP contribution in [0.5, 0.6) is 0 Å². The van der Waals surface area contributed by atoms with Crippen LogP contribution < -0.4 is 5.73 Å². The number of terminal acetylenes is 1. The fourth-order valence-corrected chi connectivity index (χ4v) is 5.93. The Morgan fingerprint density at radius 2 is 1.91 bits per heavy atom. The van der Waals surface area contributed by atoms with Crippen LogP contribution in [0, 0.1) is 12.3 Å². The first-order valence-corrected chi connectivity index (χ1v) is 13.2. The van der Waals surface area contributed by atoms with Crippen molar-refractivity contribution < 1.29 is 55.9 Å². The van der Waals surface area contributed by atoms with Crippen LogP contribution in [-0.4, -0.2) is 64.5 Å². The summed E-state index contributed by atoms with van der Waals surface area (Å²) in [5.74, 6) is 2.40. The maximum Gasteiger partial charge on any atom is 0.490 e. The Morgan fingerprint density at radius 1 is 1.18 bits per heavy atom. The lowest BCUT2D eigenvalue weighted by atomic mass is 10.2. The van der Waals surface area contributed by atoms with Crippen molar-refractivity contribution in [1.29, 1.82) is 0 Å². The van der Waals surface area contributed by atoms with E-state index in [2.05, 4.69) is 34.0 Å². The van der Waals surface area contributed by atoms with Crippen LogP contribution in [0.25, 0.3) is 11.2 Å². The molecule has 33 heavy (non-hydrogen) atoms. The second kappa shape index (κ2) is 9.85. The zero-order valence-electron chi connectivity index (χ0n) is 16.3. The smallest absolute Gasteiger partial charge is 0.382 e. The quantitative estimate of drug-likeness (QED) is 0.201. The molecule has 182 valence electrons. The molecule has 2 aromatic rings. The van der Waals surface area contributed by atoms with Crippen LogP contribution >= 0.6 is 23.5 Å². The Hall–Kier alpha value is -1.76. The predicted molar refractivity (Wildman–Crippen MR) is 107 cm³/mol. The molecule has 1 aliphatic heterocycles. The van der Waals surface area contributed by atoms with E-state index >= 15 is 0 Å². The lowest BCUT2D eigenvalue weighted by Crippen LogP contribution is -2.29. The summed E-state index contributed by atoms with van der Waals surface area (Å²) in [5, 5.41) is 0. The number of rotatable bonds is 10. The molecule has 5 atom stereocenters. The largest absolute Gasteiger partial charge is 0.490 e. The van der Waals surface area contributed by atoms with E-state index in [4.69, 9.17) is 31.4 Å². The average Bonchev–Trinajstić information content (AvgIpc) is 3.26. The van der Waals surface area contributed by atoms with Crippen molar-refractivity contribution in [2.75, 3.05) is 18.9 Å². The van der Waals surface area contributed by atoms with E-state index < -0.39 is 48.5 Å². The van der Waals surface area contributed by atoms with Crippen LogP contribution in [0.4, 0.5) is 5.82 Å². The van der Waals surface area contributed by atoms with E-state index in [1.54, 1.807) is 0 Å². The third kappa shape index (κ3) is 6.87. The number of nitrogens with zero attached hydrogens (tertiary/aromatic N) is 4. The number of nitrogen functional groups attached to an aromatic ring is 1. The van der Waals surface area contributed by atoms with Crippen LogP contribution in [0.1, 0.15) is 12.6 Å². The van der Waals surface area contributed by atoms with Gasteiger partial charge in [-0.05, 0) is 0 Å². The molecule has 0 aromatic carbocycles. The van der Waals surface area contributed by atoms with E-state index in [1.165, 1.54) is 17.2 Å². The molecule has 1 saturated heterocycles. The van der Waals surface area contributed by atoms with Gasteiger partial charge in [0, 0.05) is 6.42 Å². The Balaban J connectivity index is 1.72. The Kier molecular flexibility index (Phi) is 7.72. The Labute approximate surface area is 185 Å². The molecule has 0 saturated carbocycles. The first-order chi connectivity index (χ1) is 15.3. The normalized spacial score (nSPS) is 24.9. The molecule has 0 bridgehead atoms.